The van der Waals surface area contributed by atoms with Gasteiger partial charge in [0.1, 0.15) is 6.61 Å². The number of rotatable bonds is 6. The molecule has 1 aliphatic rings. The first-order chi connectivity index (χ1) is 15.3. The molecule has 2 N–H and O–H groups in total. The Labute approximate surface area is 182 Å². The van der Waals surface area contributed by atoms with E-state index < -0.39 is 24.6 Å². The minimum Gasteiger partial charge on any atom is -0.445 e. The van der Waals surface area contributed by atoms with Crippen molar-refractivity contribution in [1.82, 2.24) is 15.1 Å². The summed E-state index contributed by atoms with van der Waals surface area (Å²) in [5.41, 5.74) is 2.47. The average molecular weight is 445 g/mol. The molecule has 0 radical (unpaired) electrons. The van der Waals surface area contributed by atoms with Crippen molar-refractivity contribution in [1.29, 1.82) is 0 Å². The summed E-state index contributed by atoms with van der Waals surface area (Å²) >= 11 is 0. The number of aliphatic hydroxyl groups excluding tert-OH is 1. The Morgan fingerprint density at radius 2 is 1.88 bits per heavy atom. The van der Waals surface area contributed by atoms with E-state index in [1.807, 2.05) is 48.5 Å². The van der Waals surface area contributed by atoms with Crippen LogP contribution in [0.25, 0.3) is 0 Å². The van der Waals surface area contributed by atoms with Gasteiger partial charge in [0.15, 0.2) is 5.69 Å². The molecule has 1 heterocycles. The summed E-state index contributed by atoms with van der Waals surface area (Å²) in [5, 5.41) is 15.7. The number of hydrogen-bond acceptors (Lipinski definition) is 4. The first kappa shape index (κ1) is 21.9. The number of amides is 1. The van der Waals surface area contributed by atoms with E-state index in [4.69, 9.17) is 4.74 Å². The van der Waals surface area contributed by atoms with Gasteiger partial charge in [-0.3, -0.25) is 4.68 Å². The van der Waals surface area contributed by atoms with Gasteiger partial charge in [-0.2, -0.15) is 18.3 Å². The SMILES string of the molecule is O=C(N[C@@H]1Cc2ccc(Cn3cc(CO)c(C(F)(F)F)n3)cc2C1)OCc1ccccc1. The highest BCUT2D eigenvalue weighted by molar-refractivity contribution is 5.68. The summed E-state index contributed by atoms with van der Waals surface area (Å²) < 4.78 is 45.6. The van der Waals surface area contributed by atoms with Gasteiger partial charge < -0.3 is 15.2 Å². The van der Waals surface area contributed by atoms with Crippen molar-refractivity contribution in [2.24, 2.45) is 0 Å². The molecule has 0 spiro atoms. The van der Waals surface area contributed by atoms with E-state index >= 15 is 0 Å². The average Bonchev–Trinajstić information content (AvgIpc) is 3.36. The van der Waals surface area contributed by atoms with Crippen LogP contribution in [0.3, 0.4) is 0 Å². The lowest BCUT2D eigenvalue weighted by atomic mass is 10.1. The molecular weight excluding hydrogens is 423 g/mol. The number of ether oxygens (including phenoxy) is 1. The normalized spacial score (nSPS) is 15.4. The van der Waals surface area contributed by atoms with E-state index in [1.165, 1.54) is 10.9 Å². The van der Waals surface area contributed by atoms with Crippen molar-refractivity contribution < 1.29 is 27.8 Å². The van der Waals surface area contributed by atoms with Crippen LogP contribution in [0, 0.1) is 0 Å². The van der Waals surface area contributed by atoms with Crippen LogP contribution in [0.1, 0.15) is 33.5 Å². The topological polar surface area (TPSA) is 76.4 Å². The van der Waals surface area contributed by atoms with Crippen molar-refractivity contribution in [3.05, 3.63) is 88.2 Å². The number of benzene rings is 2. The third-order valence-corrected chi connectivity index (χ3v) is 5.36. The molecule has 32 heavy (non-hydrogen) atoms. The number of alkyl halides is 3. The molecule has 1 aromatic heterocycles. The standard InChI is InChI=1S/C23H22F3N3O3/c24-23(25,26)21-19(13-30)12-29(28-21)11-16-6-7-17-9-20(10-18(17)8-16)27-22(31)32-14-15-4-2-1-3-5-15/h1-8,12,20,30H,9-11,13-14H2,(H,27,31)/t20-/m1/s1. The Morgan fingerprint density at radius 3 is 2.56 bits per heavy atom. The number of nitrogens with zero attached hydrogens (tertiary/aromatic N) is 2. The smallest absolute Gasteiger partial charge is 0.435 e. The minimum absolute atomic E-state index is 0.106. The third kappa shape index (κ3) is 5.11. The molecule has 4 rings (SSSR count). The van der Waals surface area contributed by atoms with Gasteiger partial charge in [0, 0.05) is 17.8 Å². The van der Waals surface area contributed by atoms with Crippen LogP contribution in [0.5, 0.6) is 0 Å². The van der Waals surface area contributed by atoms with Crippen molar-refractivity contribution in [2.75, 3.05) is 0 Å². The summed E-state index contributed by atoms with van der Waals surface area (Å²) in [6, 6.07) is 15.0. The van der Waals surface area contributed by atoms with E-state index in [2.05, 4.69) is 10.4 Å². The fourth-order valence-electron chi connectivity index (χ4n) is 3.89. The van der Waals surface area contributed by atoms with Crippen molar-refractivity contribution in [2.45, 2.75) is 44.8 Å². The zero-order valence-electron chi connectivity index (χ0n) is 17.1. The molecule has 0 unspecified atom stereocenters. The van der Waals surface area contributed by atoms with Crippen molar-refractivity contribution in [3.63, 3.8) is 0 Å². The molecule has 168 valence electrons. The lowest BCUT2D eigenvalue weighted by Gasteiger charge is -2.12. The van der Waals surface area contributed by atoms with Crippen LogP contribution in [-0.4, -0.2) is 27.0 Å². The number of fused-ring (bicyclic) bond motifs is 1. The molecule has 1 atom stereocenters. The van der Waals surface area contributed by atoms with Crippen LogP contribution >= 0.6 is 0 Å². The van der Waals surface area contributed by atoms with Crippen LogP contribution < -0.4 is 5.32 Å². The lowest BCUT2D eigenvalue weighted by molar-refractivity contribution is -0.142. The second-order valence-electron chi connectivity index (χ2n) is 7.77. The molecule has 0 aliphatic heterocycles. The molecule has 1 aliphatic carbocycles. The highest BCUT2D eigenvalue weighted by Crippen LogP contribution is 2.31. The maximum absolute atomic E-state index is 13.0. The van der Waals surface area contributed by atoms with Gasteiger partial charge in [-0.15, -0.1) is 0 Å². The molecule has 9 heteroatoms. The highest BCUT2D eigenvalue weighted by Gasteiger charge is 2.37. The van der Waals surface area contributed by atoms with Crippen LogP contribution in [-0.2, 0) is 43.5 Å². The number of carbonyl (C=O) groups is 1. The Kier molecular flexibility index (Phi) is 6.18. The van der Waals surface area contributed by atoms with Crippen molar-refractivity contribution in [3.8, 4) is 0 Å². The van der Waals surface area contributed by atoms with E-state index in [0.29, 0.717) is 12.8 Å². The molecule has 2 aromatic carbocycles. The zero-order chi connectivity index (χ0) is 22.7. The van der Waals surface area contributed by atoms with Gasteiger partial charge >= 0.3 is 12.3 Å². The Morgan fingerprint density at radius 1 is 1.12 bits per heavy atom. The quantitative estimate of drug-likeness (QED) is 0.605. The first-order valence-electron chi connectivity index (χ1n) is 10.1. The predicted molar refractivity (Wildman–Crippen MR) is 110 cm³/mol. The number of alkyl carbamates (subject to hydrolysis) is 1. The van der Waals surface area contributed by atoms with Crippen LogP contribution in [0.15, 0.2) is 54.7 Å². The lowest BCUT2D eigenvalue weighted by Crippen LogP contribution is -2.35. The van der Waals surface area contributed by atoms with Gasteiger partial charge in [-0.25, -0.2) is 4.79 Å². The molecule has 1 amide bonds. The van der Waals surface area contributed by atoms with E-state index in [1.54, 1.807) is 0 Å². The molecule has 3 aromatic rings. The zero-order valence-corrected chi connectivity index (χ0v) is 17.1. The summed E-state index contributed by atoms with van der Waals surface area (Å²) in [5.74, 6) is 0. The Balaban J connectivity index is 1.36. The van der Waals surface area contributed by atoms with Gasteiger partial charge in [0.05, 0.1) is 13.2 Å². The molecule has 0 fully saturated rings. The third-order valence-electron chi connectivity index (χ3n) is 5.36. The largest absolute Gasteiger partial charge is 0.445 e. The Bertz CT molecular complexity index is 1100. The minimum atomic E-state index is -4.62. The molecule has 0 saturated carbocycles. The fraction of sp³-hybridized carbons (Fsp3) is 0.304. The molecule has 0 bridgehead atoms. The first-order valence-corrected chi connectivity index (χ1v) is 10.1. The maximum atomic E-state index is 13.0. The van der Waals surface area contributed by atoms with Gasteiger partial charge in [-0.1, -0.05) is 48.5 Å². The molecular formula is C23H22F3N3O3. The summed E-state index contributed by atoms with van der Waals surface area (Å²) in [7, 11) is 0. The number of hydrogen-bond donors (Lipinski definition) is 2. The van der Waals surface area contributed by atoms with Gasteiger partial charge in [-0.05, 0) is 35.1 Å². The fourth-order valence-corrected chi connectivity index (χ4v) is 3.89. The number of carbonyl (C=O) groups excluding carboxylic acids is 1. The van der Waals surface area contributed by atoms with Crippen LogP contribution in [0.2, 0.25) is 0 Å². The van der Waals surface area contributed by atoms with E-state index in [-0.39, 0.29) is 24.8 Å². The second kappa shape index (κ2) is 9.04. The number of aliphatic hydroxyl groups is 1. The van der Waals surface area contributed by atoms with E-state index in [0.717, 1.165) is 22.3 Å². The molecule has 0 saturated heterocycles. The van der Waals surface area contributed by atoms with Crippen molar-refractivity contribution >= 4 is 6.09 Å². The summed E-state index contributed by atoms with van der Waals surface area (Å²) in [6.07, 6.45) is -2.62. The van der Waals surface area contributed by atoms with Gasteiger partial charge in [0.25, 0.3) is 0 Å². The molecule has 6 nitrogen and oxygen atoms in total. The summed E-state index contributed by atoms with van der Waals surface area (Å²) in [6.45, 7) is -0.392. The van der Waals surface area contributed by atoms with E-state index in [9.17, 15) is 23.1 Å². The number of aromatic nitrogens is 2. The highest BCUT2D eigenvalue weighted by atomic mass is 19.4. The Hall–Kier alpha value is -3.33. The number of nitrogens with one attached hydrogen (secondary N) is 1. The number of halogens is 3. The predicted octanol–water partition coefficient (Wildman–Crippen LogP) is 3.84. The van der Waals surface area contributed by atoms with Gasteiger partial charge in [0.2, 0.25) is 0 Å². The van der Waals surface area contributed by atoms with Crippen LogP contribution in [0.4, 0.5) is 18.0 Å². The second-order valence-corrected chi connectivity index (χ2v) is 7.77. The summed E-state index contributed by atoms with van der Waals surface area (Å²) in [4.78, 5) is 12.1. The monoisotopic (exact) mass is 445 g/mol. The maximum Gasteiger partial charge on any atom is 0.435 e.